The molecule has 1 aliphatic heterocycles. The number of anilines is 2. The number of carbonyl (C=O) groups is 2. The van der Waals surface area contributed by atoms with Gasteiger partial charge in [0.25, 0.3) is 0 Å². The number of ether oxygens (including phenoxy) is 1. The highest BCUT2D eigenvalue weighted by Crippen LogP contribution is 2.33. The summed E-state index contributed by atoms with van der Waals surface area (Å²) in [6.07, 6.45) is 2.96. The summed E-state index contributed by atoms with van der Waals surface area (Å²) in [6.45, 7) is 4.70. The Bertz CT molecular complexity index is 555. The molecule has 120 valence electrons. The van der Waals surface area contributed by atoms with Gasteiger partial charge in [-0.2, -0.15) is 0 Å². The van der Waals surface area contributed by atoms with E-state index in [0.717, 1.165) is 18.5 Å². The van der Waals surface area contributed by atoms with E-state index in [-0.39, 0.29) is 11.8 Å². The first-order chi connectivity index (χ1) is 10.5. The third-order valence-electron chi connectivity index (χ3n) is 3.67. The fourth-order valence-electron chi connectivity index (χ4n) is 2.62. The van der Waals surface area contributed by atoms with Crippen LogP contribution in [0.5, 0.6) is 5.75 Å². The molecule has 1 aromatic carbocycles. The summed E-state index contributed by atoms with van der Waals surface area (Å²) in [5.74, 6) is 1.05. The van der Waals surface area contributed by atoms with Crippen molar-refractivity contribution in [1.82, 2.24) is 0 Å². The molecule has 0 aliphatic carbocycles. The maximum atomic E-state index is 12.1. The Morgan fingerprint density at radius 2 is 2.14 bits per heavy atom. The van der Waals surface area contributed by atoms with Crippen LogP contribution in [0.25, 0.3) is 0 Å². The maximum absolute atomic E-state index is 12.1. The molecule has 1 aliphatic rings. The molecule has 0 unspecified atom stereocenters. The van der Waals surface area contributed by atoms with Crippen LogP contribution in [0, 0.1) is 5.92 Å². The Hall–Kier alpha value is -2.04. The zero-order chi connectivity index (χ0) is 16.1. The van der Waals surface area contributed by atoms with Crippen LogP contribution in [0.1, 0.15) is 39.5 Å². The Labute approximate surface area is 131 Å². The Kier molecular flexibility index (Phi) is 5.41. The van der Waals surface area contributed by atoms with Crippen LogP contribution in [-0.2, 0) is 9.59 Å². The molecule has 0 bridgehead atoms. The average Bonchev–Trinajstić information content (AvgIpc) is 2.47. The summed E-state index contributed by atoms with van der Waals surface area (Å²) in [5.41, 5.74) is 1.43. The third kappa shape index (κ3) is 4.00. The number of rotatable bonds is 5. The Balaban J connectivity index is 2.22. The standard InChI is InChI=1S/C17H24N2O3/c1-12(2)10-16(20)18-13-7-8-15(22-3)14(11-13)19-9-5-4-6-17(19)21/h7-8,11-12H,4-6,9-10H2,1-3H3,(H,18,20). The summed E-state index contributed by atoms with van der Waals surface area (Å²) in [6, 6.07) is 5.41. The SMILES string of the molecule is COc1ccc(NC(=O)CC(C)C)cc1N1CCCCC1=O. The monoisotopic (exact) mass is 304 g/mol. The summed E-state index contributed by atoms with van der Waals surface area (Å²) < 4.78 is 5.36. The van der Waals surface area contributed by atoms with Crippen molar-refractivity contribution in [2.45, 2.75) is 39.5 Å². The molecule has 1 heterocycles. The number of benzene rings is 1. The number of carbonyl (C=O) groups excluding carboxylic acids is 2. The van der Waals surface area contributed by atoms with Gasteiger partial charge in [0.2, 0.25) is 11.8 Å². The van der Waals surface area contributed by atoms with E-state index in [2.05, 4.69) is 5.32 Å². The molecule has 0 spiro atoms. The molecule has 1 N–H and O–H groups in total. The van der Waals surface area contributed by atoms with Crippen molar-refractivity contribution < 1.29 is 14.3 Å². The smallest absolute Gasteiger partial charge is 0.227 e. The quantitative estimate of drug-likeness (QED) is 0.909. The molecule has 1 fully saturated rings. The number of hydrogen-bond donors (Lipinski definition) is 1. The summed E-state index contributed by atoms with van der Waals surface area (Å²) in [7, 11) is 1.59. The van der Waals surface area contributed by atoms with Crippen molar-refractivity contribution in [3.63, 3.8) is 0 Å². The largest absolute Gasteiger partial charge is 0.495 e. The van der Waals surface area contributed by atoms with E-state index >= 15 is 0 Å². The van der Waals surface area contributed by atoms with E-state index in [4.69, 9.17) is 4.74 Å². The highest BCUT2D eigenvalue weighted by atomic mass is 16.5. The van der Waals surface area contributed by atoms with Gasteiger partial charge in [0.1, 0.15) is 5.75 Å². The van der Waals surface area contributed by atoms with Gasteiger partial charge in [-0.25, -0.2) is 0 Å². The molecular formula is C17H24N2O3. The van der Waals surface area contributed by atoms with Crippen molar-refractivity contribution in [2.75, 3.05) is 23.9 Å². The number of methoxy groups -OCH3 is 1. The third-order valence-corrected chi connectivity index (χ3v) is 3.67. The first-order valence-corrected chi connectivity index (χ1v) is 7.79. The number of nitrogens with one attached hydrogen (secondary N) is 1. The lowest BCUT2D eigenvalue weighted by Gasteiger charge is -2.28. The molecule has 1 aromatic rings. The predicted octanol–water partition coefficient (Wildman–Crippen LogP) is 3.20. The van der Waals surface area contributed by atoms with E-state index in [9.17, 15) is 9.59 Å². The molecule has 0 saturated carbocycles. The second kappa shape index (κ2) is 7.29. The second-order valence-corrected chi connectivity index (χ2v) is 6.04. The summed E-state index contributed by atoms with van der Waals surface area (Å²) in [5, 5.41) is 2.89. The van der Waals surface area contributed by atoms with Crippen LogP contribution in [0.4, 0.5) is 11.4 Å². The molecule has 2 rings (SSSR count). The van der Waals surface area contributed by atoms with Gasteiger partial charge < -0.3 is 15.0 Å². The van der Waals surface area contributed by atoms with Gasteiger partial charge in [-0.15, -0.1) is 0 Å². The minimum atomic E-state index is -0.0175. The summed E-state index contributed by atoms with van der Waals surface area (Å²) >= 11 is 0. The number of piperidine rings is 1. The van der Waals surface area contributed by atoms with E-state index in [1.54, 1.807) is 24.1 Å². The second-order valence-electron chi connectivity index (χ2n) is 6.04. The number of hydrogen-bond acceptors (Lipinski definition) is 3. The van der Waals surface area contributed by atoms with Crippen LogP contribution in [0.2, 0.25) is 0 Å². The molecule has 22 heavy (non-hydrogen) atoms. The fourth-order valence-corrected chi connectivity index (χ4v) is 2.62. The van der Waals surface area contributed by atoms with Gasteiger partial charge in [0.05, 0.1) is 12.8 Å². The van der Waals surface area contributed by atoms with Crippen LogP contribution in [0.15, 0.2) is 18.2 Å². The van der Waals surface area contributed by atoms with Crippen molar-refractivity contribution in [3.05, 3.63) is 18.2 Å². The minimum absolute atomic E-state index is 0.0175. The van der Waals surface area contributed by atoms with Gasteiger partial charge in [0.15, 0.2) is 0 Å². The molecule has 2 amide bonds. The first kappa shape index (κ1) is 16.3. The lowest BCUT2D eigenvalue weighted by atomic mass is 10.1. The van der Waals surface area contributed by atoms with Crippen LogP contribution in [0.3, 0.4) is 0 Å². The first-order valence-electron chi connectivity index (χ1n) is 7.79. The van der Waals surface area contributed by atoms with E-state index in [1.807, 2.05) is 19.9 Å². The highest BCUT2D eigenvalue weighted by Gasteiger charge is 2.23. The molecule has 0 atom stereocenters. The predicted molar refractivity (Wildman–Crippen MR) is 87.3 cm³/mol. The average molecular weight is 304 g/mol. The number of amides is 2. The van der Waals surface area contributed by atoms with Crippen molar-refractivity contribution in [2.24, 2.45) is 5.92 Å². The topological polar surface area (TPSA) is 58.6 Å². The zero-order valence-electron chi connectivity index (χ0n) is 13.5. The molecule has 0 radical (unpaired) electrons. The van der Waals surface area contributed by atoms with Gasteiger partial charge in [0, 0.05) is 25.1 Å². The normalized spacial score (nSPS) is 15.1. The molecule has 0 aromatic heterocycles. The van der Waals surface area contributed by atoms with E-state index in [0.29, 0.717) is 36.7 Å². The van der Waals surface area contributed by atoms with E-state index in [1.165, 1.54) is 0 Å². The number of nitrogens with zero attached hydrogens (tertiary/aromatic N) is 1. The van der Waals surface area contributed by atoms with Crippen LogP contribution >= 0.6 is 0 Å². The molecular weight excluding hydrogens is 280 g/mol. The van der Waals surface area contributed by atoms with Crippen LogP contribution < -0.4 is 15.0 Å². The Morgan fingerprint density at radius 3 is 2.77 bits per heavy atom. The van der Waals surface area contributed by atoms with Gasteiger partial charge in [-0.3, -0.25) is 9.59 Å². The maximum Gasteiger partial charge on any atom is 0.227 e. The van der Waals surface area contributed by atoms with E-state index < -0.39 is 0 Å². The molecule has 5 nitrogen and oxygen atoms in total. The van der Waals surface area contributed by atoms with Crippen molar-refractivity contribution in [1.29, 1.82) is 0 Å². The summed E-state index contributed by atoms with van der Waals surface area (Å²) in [4.78, 5) is 25.8. The van der Waals surface area contributed by atoms with Crippen molar-refractivity contribution >= 4 is 23.2 Å². The minimum Gasteiger partial charge on any atom is -0.495 e. The lowest BCUT2D eigenvalue weighted by Crippen LogP contribution is -2.35. The lowest BCUT2D eigenvalue weighted by molar-refractivity contribution is -0.119. The highest BCUT2D eigenvalue weighted by molar-refractivity contribution is 5.97. The van der Waals surface area contributed by atoms with Gasteiger partial charge in [-0.05, 0) is 37.0 Å². The fraction of sp³-hybridized carbons (Fsp3) is 0.529. The van der Waals surface area contributed by atoms with Crippen molar-refractivity contribution in [3.8, 4) is 5.75 Å². The zero-order valence-corrected chi connectivity index (χ0v) is 13.5. The molecule has 5 heteroatoms. The molecule has 1 saturated heterocycles. The van der Waals surface area contributed by atoms with Gasteiger partial charge in [-0.1, -0.05) is 13.8 Å². The van der Waals surface area contributed by atoms with Gasteiger partial charge >= 0.3 is 0 Å². The Morgan fingerprint density at radius 1 is 1.36 bits per heavy atom. The van der Waals surface area contributed by atoms with Crippen LogP contribution in [-0.4, -0.2) is 25.5 Å².